The number of aromatic nitrogens is 2. The molecule has 0 bridgehead atoms. The number of hydrogen-bond acceptors (Lipinski definition) is 5. The van der Waals surface area contributed by atoms with Gasteiger partial charge in [-0.3, -0.25) is 9.69 Å². The van der Waals surface area contributed by atoms with Crippen molar-refractivity contribution >= 4 is 5.91 Å². The van der Waals surface area contributed by atoms with Crippen LogP contribution in [0.5, 0.6) is 0 Å². The molecule has 6 heteroatoms. The normalized spacial score (nSPS) is 17.8. The zero-order valence-electron chi connectivity index (χ0n) is 9.56. The molecule has 1 saturated heterocycles. The zero-order chi connectivity index (χ0) is 11.5. The van der Waals surface area contributed by atoms with E-state index in [4.69, 9.17) is 4.52 Å². The molecule has 0 spiro atoms. The van der Waals surface area contributed by atoms with Crippen LogP contribution in [-0.2, 0) is 11.3 Å². The molecule has 0 saturated carbocycles. The Morgan fingerprint density at radius 3 is 3.00 bits per heavy atom. The van der Waals surface area contributed by atoms with Crippen LogP contribution in [0.25, 0.3) is 0 Å². The Labute approximate surface area is 94.0 Å². The molecule has 1 aliphatic rings. The highest BCUT2D eigenvalue weighted by Gasteiger charge is 2.18. The molecule has 0 radical (unpaired) electrons. The minimum Gasteiger partial charge on any atom is -0.354 e. The first-order valence-corrected chi connectivity index (χ1v) is 5.46. The van der Waals surface area contributed by atoms with Gasteiger partial charge in [0, 0.05) is 19.0 Å². The SMILES string of the molecule is CC(C)c1nc(CN2CCNC(=O)C2)no1. The minimum absolute atomic E-state index is 0.0545. The van der Waals surface area contributed by atoms with Crippen LogP contribution in [0.15, 0.2) is 4.52 Å². The van der Waals surface area contributed by atoms with Crippen LogP contribution >= 0.6 is 0 Å². The number of nitrogens with one attached hydrogen (secondary N) is 1. The van der Waals surface area contributed by atoms with Crippen molar-refractivity contribution < 1.29 is 9.32 Å². The number of carbonyl (C=O) groups excluding carboxylic acids is 1. The van der Waals surface area contributed by atoms with Gasteiger partial charge < -0.3 is 9.84 Å². The predicted octanol–water partition coefficient (Wildman–Crippen LogP) is 0.125. The summed E-state index contributed by atoms with van der Waals surface area (Å²) in [5.41, 5.74) is 0. The Hall–Kier alpha value is -1.43. The summed E-state index contributed by atoms with van der Waals surface area (Å²) in [5.74, 6) is 1.60. The molecule has 0 unspecified atom stereocenters. The summed E-state index contributed by atoms with van der Waals surface area (Å²) in [6, 6.07) is 0. The molecule has 1 fully saturated rings. The molecular weight excluding hydrogens is 208 g/mol. The number of piperazine rings is 1. The van der Waals surface area contributed by atoms with Gasteiger partial charge >= 0.3 is 0 Å². The van der Waals surface area contributed by atoms with E-state index in [0.717, 1.165) is 6.54 Å². The lowest BCUT2D eigenvalue weighted by molar-refractivity contribution is -0.124. The quantitative estimate of drug-likeness (QED) is 0.790. The highest BCUT2D eigenvalue weighted by atomic mass is 16.5. The maximum Gasteiger partial charge on any atom is 0.234 e. The molecule has 16 heavy (non-hydrogen) atoms. The molecule has 2 heterocycles. The third kappa shape index (κ3) is 2.57. The number of amides is 1. The largest absolute Gasteiger partial charge is 0.354 e. The summed E-state index contributed by atoms with van der Waals surface area (Å²) < 4.78 is 5.11. The second-order valence-electron chi connectivity index (χ2n) is 4.26. The third-order valence-electron chi connectivity index (χ3n) is 2.46. The topological polar surface area (TPSA) is 71.3 Å². The lowest BCUT2D eigenvalue weighted by Gasteiger charge is -2.24. The molecule has 1 N–H and O–H groups in total. The van der Waals surface area contributed by atoms with E-state index in [9.17, 15) is 4.79 Å². The van der Waals surface area contributed by atoms with Gasteiger partial charge in [0.2, 0.25) is 11.8 Å². The van der Waals surface area contributed by atoms with Crippen molar-refractivity contribution in [3.63, 3.8) is 0 Å². The monoisotopic (exact) mass is 224 g/mol. The summed E-state index contributed by atoms with van der Waals surface area (Å²) in [6.45, 7) is 6.51. The molecule has 0 atom stereocenters. The van der Waals surface area contributed by atoms with Gasteiger partial charge in [0.05, 0.1) is 13.1 Å². The van der Waals surface area contributed by atoms with E-state index in [-0.39, 0.29) is 11.8 Å². The van der Waals surface area contributed by atoms with Gasteiger partial charge in [-0.05, 0) is 0 Å². The molecule has 2 rings (SSSR count). The van der Waals surface area contributed by atoms with Crippen LogP contribution in [0.3, 0.4) is 0 Å². The average molecular weight is 224 g/mol. The molecule has 1 aromatic rings. The van der Waals surface area contributed by atoms with Gasteiger partial charge in [-0.15, -0.1) is 0 Å². The van der Waals surface area contributed by atoms with E-state index < -0.39 is 0 Å². The van der Waals surface area contributed by atoms with E-state index in [1.807, 2.05) is 18.7 Å². The molecule has 6 nitrogen and oxygen atoms in total. The van der Waals surface area contributed by atoms with Crippen molar-refractivity contribution in [2.45, 2.75) is 26.3 Å². The van der Waals surface area contributed by atoms with Gasteiger partial charge in [0.25, 0.3) is 0 Å². The Bertz CT molecular complexity index is 375. The lowest BCUT2D eigenvalue weighted by Crippen LogP contribution is -2.47. The average Bonchev–Trinajstić information content (AvgIpc) is 2.66. The van der Waals surface area contributed by atoms with Gasteiger partial charge in [-0.25, -0.2) is 0 Å². The number of carbonyl (C=O) groups is 1. The third-order valence-corrected chi connectivity index (χ3v) is 2.46. The Balaban J connectivity index is 1.95. The molecule has 0 aliphatic carbocycles. The number of nitrogens with zero attached hydrogens (tertiary/aromatic N) is 3. The van der Waals surface area contributed by atoms with Crippen molar-refractivity contribution in [2.75, 3.05) is 19.6 Å². The van der Waals surface area contributed by atoms with Gasteiger partial charge in [0.1, 0.15) is 0 Å². The van der Waals surface area contributed by atoms with Crippen molar-refractivity contribution in [1.29, 1.82) is 0 Å². The standard InChI is InChI=1S/C10H16N4O2/c1-7(2)10-12-8(13-16-10)5-14-4-3-11-9(15)6-14/h7H,3-6H2,1-2H3,(H,11,15). The van der Waals surface area contributed by atoms with E-state index in [0.29, 0.717) is 31.3 Å². The predicted molar refractivity (Wildman–Crippen MR) is 56.7 cm³/mol. The van der Waals surface area contributed by atoms with Crippen LogP contribution in [0.2, 0.25) is 0 Å². The van der Waals surface area contributed by atoms with Crippen LogP contribution in [0.1, 0.15) is 31.5 Å². The zero-order valence-corrected chi connectivity index (χ0v) is 9.56. The second kappa shape index (κ2) is 4.61. The highest BCUT2D eigenvalue weighted by molar-refractivity contribution is 5.78. The van der Waals surface area contributed by atoms with Crippen molar-refractivity contribution in [2.24, 2.45) is 0 Å². The minimum atomic E-state index is 0.0545. The van der Waals surface area contributed by atoms with E-state index >= 15 is 0 Å². The lowest BCUT2D eigenvalue weighted by atomic mass is 10.2. The van der Waals surface area contributed by atoms with Crippen molar-refractivity contribution in [3.8, 4) is 0 Å². The van der Waals surface area contributed by atoms with E-state index in [1.54, 1.807) is 0 Å². The first-order chi connectivity index (χ1) is 7.65. The fourth-order valence-electron chi connectivity index (χ4n) is 1.59. The van der Waals surface area contributed by atoms with E-state index in [2.05, 4.69) is 15.5 Å². The molecule has 1 aliphatic heterocycles. The first kappa shape index (κ1) is 11.1. The van der Waals surface area contributed by atoms with Gasteiger partial charge in [0.15, 0.2) is 5.82 Å². The second-order valence-corrected chi connectivity index (χ2v) is 4.26. The van der Waals surface area contributed by atoms with Gasteiger partial charge in [-0.1, -0.05) is 19.0 Å². The van der Waals surface area contributed by atoms with E-state index in [1.165, 1.54) is 0 Å². The van der Waals surface area contributed by atoms with Crippen LogP contribution in [0, 0.1) is 0 Å². The molecule has 0 aromatic carbocycles. The van der Waals surface area contributed by atoms with Crippen LogP contribution in [0.4, 0.5) is 0 Å². The summed E-state index contributed by atoms with van der Waals surface area (Å²) in [7, 11) is 0. The smallest absolute Gasteiger partial charge is 0.234 e. The Morgan fingerprint density at radius 1 is 1.56 bits per heavy atom. The Kier molecular flexibility index (Phi) is 3.19. The summed E-state index contributed by atoms with van der Waals surface area (Å²) in [5, 5.41) is 6.67. The summed E-state index contributed by atoms with van der Waals surface area (Å²) >= 11 is 0. The number of hydrogen-bond donors (Lipinski definition) is 1. The molecule has 1 amide bonds. The fraction of sp³-hybridized carbons (Fsp3) is 0.700. The number of rotatable bonds is 3. The van der Waals surface area contributed by atoms with Crippen LogP contribution < -0.4 is 5.32 Å². The van der Waals surface area contributed by atoms with Crippen molar-refractivity contribution in [3.05, 3.63) is 11.7 Å². The molecule has 88 valence electrons. The van der Waals surface area contributed by atoms with Crippen molar-refractivity contribution in [1.82, 2.24) is 20.4 Å². The summed E-state index contributed by atoms with van der Waals surface area (Å²) in [4.78, 5) is 17.4. The first-order valence-electron chi connectivity index (χ1n) is 5.46. The maximum absolute atomic E-state index is 11.2. The molecular formula is C10H16N4O2. The fourth-order valence-corrected chi connectivity index (χ4v) is 1.59. The highest BCUT2D eigenvalue weighted by Crippen LogP contribution is 2.11. The Morgan fingerprint density at radius 2 is 2.38 bits per heavy atom. The molecule has 1 aromatic heterocycles. The van der Waals surface area contributed by atoms with Gasteiger partial charge in [-0.2, -0.15) is 4.98 Å². The van der Waals surface area contributed by atoms with Crippen LogP contribution in [-0.4, -0.2) is 40.6 Å². The summed E-state index contributed by atoms with van der Waals surface area (Å²) in [6.07, 6.45) is 0. The maximum atomic E-state index is 11.2.